The van der Waals surface area contributed by atoms with E-state index in [4.69, 9.17) is 4.84 Å². The molecule has 0 N–H and O–H groups in total. The fraction of sp³-hybridized carbons (Fsp3) is 0.118. The van der Waals surface area contributed by atoms with E-state index in [2.05, 4.69) is 5.16 Å². The number of rotatable bonds is 3. The third kappa shape index (κ3) is 2.26. The van der Waals surface area contributed by atoms with E-state index in [-0.39, 0.29) is 11.4 Å². The summed E-state index contributed by atoms with van der Waals surface area (Å²) in [5.74, 6) is -1.86. The molecule has 0 saturated carbocycles. The average molecular weight is 337 g/mol. The Balaban J connectivity index is 1.71. The first-order valence-corrected chi connectivity index (χ1v) is 7.49. The van der Waals surface area contributed by atoms with Crippen LogP contribution in [0, 0.1) is 16.0 Å². The smallest absolute Gasteiger partial charge is 0.278 e. The summed E-state index contributed by atoms with van der Waals surface area (Å²) in [6, 6.07) is 14.3. The van der Waals surface area contributed by atoms with Crippen molar-refractivity contribution >= 4 is 28.9 Å². The van der Waals surface area contributed by atoms with Gasteiger partial charge in [-0.05, 0) is 12.1 Å². The Morgan fingerprint density at radius 2 is 1.80 bits per heavy atom. The summed E-state index contributed by atoms with van der Waals surface area (Å²) in [4.78, 5) is 42.0. The number of hydrogen-bond donors (Lipinski definition) is 0. The van der Waals surface area contributed by atoms with Gasteiger partial charge in [-0.1, -0.05) is 35.5 Å². The van der Waals surface area contributed by atoms with Crippen LogP contribution in [-0.2, 0) is 14.4 Å². The monoisotopic (exact) mass is 337 g/mol. The molecule has 8 heteroatoms. The van der Waals surface area contributed by atoms with E-state index in [1.54, 1.807) is 36.4 Å². The molecule has 4 rings (SSSR count). The van der Waals surface area contributed by atoms with Crippen LogP contribution in [0.25, 0.3) is 0 Å². The zero-order valence-electron chi connectivity index (χ0n) is 12.7. The molecular formula is C17H11N3O5. The van der Waals surface area contributed by atoms with Crippen molar-refractivity contribution in [1.82, 2.24) is 0 Å². The first-order valence-electron chi connectivity index (χ1n) is 7.49. The quantitative estimate of drug-likeness (QED) is 0.483. The predicted molar refractivity (Wildman–Crippen MR) is 86.9 cm³/mol. The normalized spacial score (nSPS) is 21.8. The number of amides is 2. The second-order valence-corrected chi connectivity index (χ2v) is 5.64. The zero-order valence-corrected chi connectivity index (χ0v) is 12.7. The van der Waals surface area contributed by atoms with Crippen LogP contribution in [-0.4, -0.2) is 28.6 Å². The van der Waals surface area contributed by atoms with Crippen molar-refractivity contribution in [3.8, 4) is 0 Å². The average Bonchev–Trinajstić information content (AvgIpc) is 3.16. The number of para-hydroxylation sites is 1. The Kier molecular flexibility index (Phi) is 3.31. The Bertz CT molecular complexity index is 925. The maximum atomic E-state index is 12.8. The van der Waals surface area contributed by atoms with Crippen LogP contribution in [0.5, 0.6) is 0 Å². The molecule has 8 nitrogen and oxygen atoms in total. The van der Waals surface area contributed by atoms with Crippen molar-refractivity contribution in [2.75, 3.05) is 4.90 Å². The minimum Gasteiger partial charge on any atom is -0.381 e. The molecule has 2 amide bonds. The number of fused-ring (bicyclic) bond motifs is 1. The molecule has 2 heterocycles. The van der Waals surface area contributed by atoms with E-state index in [9.17, 15) is 19.7 Å². The summed E-state index contributed by atoms with van der Waals surface area (Å²) < 4.78 is 0. The molecule has 0 unspecified atom stereocenters. The molecule has 0 spiro atoms. The number of nitrogens with zero attached hydrogens (tertiary/aromatic N) is 3. The molecule has 1 fully saturated rings. The van der Waals surface area contributed by atoms with Crippen LogP contribution in [0.1, 0.15) is 5.56 Å². The molecule has 0 aromatic heterocycles. The van der Waals surface area contributed by atoms with Crippen molar-refractivity contribution in [3.05, 3.63) is 70.3 Å². The lowest BCUT2D eigenvalue weighted by Gasteiger charge is -2.15. The van der Waals surface area contributed by atoms with Crippen molar-refractivity contribution < 1.29 is 19.3 Å². The SMILES string of the molecule is O=C1[C@H]2C(c3cccc([N+](=O)[O-])c3)=NO[C@H]2C(=O)N1c1ccccc1. The highest BCUT2D eigenvalue weighted by molar-refractivity contribution is 6.32. The summed E-state index contributed by atoms with van der Waals surface area (Å²) in [5, 5.41) is 14.8. The summed E-state index contributed by atoms with van der Waals surface area (Å²) in [5.41, 5.74) is 0.942. The van der Waals surface area contributed by atoms with Gasteiger partial charge in [-0.15, -0.1) is 0 Å². The highest BCUT2D eigenvalue weighted by Crippen LogP contribution is 2.35. The summed E-state index contributed by atoms with van der Waals surface area (Å²) in [7, 11) is 0. The molecule has 0 radical (unpaired) electrons. The number of oxime groups is 1. The van der Waals surface area contributed by atoms with Gasteiger partial charge in [0.25, 0.3) is 11.6 Å². The lowest BCUT2D eigenvalue weighted by molar-refractivity contribution is -0.384. The van der Waals surface area contributed by atoms with Crippen LogP contribution < -0.4 is 4.90 Å². The lowest BCUT2D eigenvalue weighted by Crippen LogP contribution is -2.33. The maximum absolute atomic E-state index is 12.8. The number of nitro benzene ring substituents is 1. The van der Waals surface area contributed by atoms with Crippen molar-refractivity contribution in [3.63, 3.8) is 0 Å². The number of non-ortho nitro benzene ring substituents is 1. The molecule has 1 saturated heterocycles. The van der Waals surface area contributed by atoms with Gasteiger partial charge in [-0.3, -0.25) is 19.7 Å². The fourth-order valence-corrected chi connectivity index (χ4v) is 3.03. The first-order chi connectivity index (χ1) is 12.1. The number of benzene rings is 2. The van der Waals surface area contributed by atoms with E-state index in [1.807, 2.05) is 0 Å². The molecule has 124 valence electrons. The number of carbonyl (C=O) groups is 2. The third-order valence-electron chi connectivity index (χ3n) is 4.18. The number of hydrogen-bond acceptors (Lipinski definition) is 6. The van der Waals surface area contributed by atoms with Crippen LogP contribution in [0.3, 0.4) is 0 Å². The van der Waals surface area contributed by atoms with E-state index >= 15 is 0 Å². The highest BCUT2D eigenvalue weighted by atomic mass is 16.7. The van der Waals surface area contributed by atoms with Crippen molar-refractivity contribution in [2.24, 2.45) is 11.1 Å². The number of anilines is 1. The van der Waals surface area contributed by atoms with Gasteiger partial charge >= 0.3 is 0 Å². The minimum absolute atomic E-state index is 0.125. The molecule has 2 aliphatic rings. The molecule has 25 heavy (non-hydrogen) atoms. The van der Waals surface area contributed by atoms with Crippen LogP contribution in [0.4, 0.5) is 11.4 Å². The topological polar surface area (TPSA) is 102 Å². The molecular weight excluding hydrogens is 326 g/mol. The second-order valence-electron chi connectivity index (χ2n) is 5.64. The summed E-state index contributed by atoms with van der Waals surface area (Å²) in [6.07, 6.45) is -1.04. The highest BCUT2D eigenvalue weighted by Gasteiger charge is 2.56. The number of carbonyl (C=O) groups excluding carboxylic acids is 2. The van der Waals surface area contributed by atoms with Crippen molar-refractivity contribution in [2.45, 2.75) is 6.10 Å². The van der Waals surface area contributed by atoms with Gasteiger partial charge < -0.3 is 4.84 Å². The van der Waals surface area contributed by atoms with E-state index in [1.165, 1.54) is 18.2 Å². The molecule has 2 atom stereocenters. The molecule has 0 aliphatic carbocycles. The van der Waals surface area contributed by atoms with Gasteiger partial charge in [-0.2, -0.15) is 0 Å². The van der Waals surface area contributed by atoms with Crippen molar-refractivity contribution in [1.29, 1.82) is 0 Å². The van der Waals surface area contributed by atoms with Crippen LogP contribution in [0.2, 0.25) is 0 Å². The number of nitro groups is 1. The molecule has 0 bridgehead atoms. The fourth-order valence-electron chi connectivity index (χ4n) is 3.03. The van der Waals surface area contributed by atoms with Gasteiger partial charge in [-0.25, -0.2) is 4.90 Å². The third-order valence-corrected chi connectivity index (χ3v) is 4.18. The van der Waals surface area contributed by atoms with E-state index in [0.29, 0.717) is 11.3 Å². The Labute approximate surface area is 141 Å². The standard InChI is InChI=1S/C17H11N3O5/c21-16-13-14(10-5-4-8-12(9-10)20(23)24)18-25-15(13)17(22)19(16)11-6-2-1-3-7-11/h1-9,13,15H/t13-,15+/m0/s1. The Morgan fingerprint density at radius 3 is 2.52 bits per heavy atom. The molecule has 2 aromatic carbocycles. The predicted octanol–water partition coefficient (Wildman–Crippen LogP) is 1.89. The van der Waals surface area contributed by atoms with Crippen LogP contribution >= 0.6 is 0 Å². The summed E-state index contributed by atoms with van der Waals surface area (Å²) >= 11 is 0. The van der Waals surface area contributed by atoms with Crippen LogP contribution in [0.15, 0.2) is 59.8 Å². The Hall–Kier alpha value is -3.55. The maximum Gasteiger partial charge on any atom is 0.278 e. The largest absolute Gasteiger partial charge is 0.381 e. The van der Waals surface area contributed by atoms with E-state index < -0.39 is 28.8 Å². The van der Waals surface area contributed by atoms with Gasteiger partial charge in [0.2, 0.25) is 12.0 Å². The first kappa shape index (κ1) is 15.0. The van der Waals surface area contributed by atoms with Gasteiger partial charge in [0.15, 0.2) is 0 Å². The minimum atomic E-state index is -1.04. The van der Waals surface area contributed by atoms with E-state index in [0.717, 1.165) is 4.90 Å². The van der Waals surface area contributed by atoms with Gasteiger partial charge in [0.05, 0.1) is 10.6 Å². The Morgan fingerprint density at radius 1 is 1.04 bits per heavy atom. The number of imide groups is 1. The summed E-state index contributed by atoms with van der Waals surface area (Å²) in [6.45, 7) is 0. The van der Waals surface area contributed by atoms with Gasteiger partial charge in [0, 0.05) is 17.7 Å². The molecule has 2 aliphatic heterocycles. The van der Waals surface area contributed by atoms with Gasteiger partial charge in [0.1, 0.15) is 11.6 Å². The zero-order chi connectivity index (χ0) is 17.6. The second kappa shape index (κ2) is 5.52. The molecule has 2 aromatic rings. The lowest BCUT2D eigenvalue weighted by atomic mass is 9.94.